The van der Waals surface area contributed by atoms with E-state index in [0.29, 0.717) is 35.1 Å². The molecule has 0 heterocycles. The van der Waals surface area contributed by atoms with Crippen LogP contribution in [0.3, 0.4) is 0 Å². The van der Waals surface area contributed by atoms with Crippen molar-refractivity contribution < 1.29 is 9.53 Å². The molecule has 6 heteroatoms. The molecule has 0 saturated heterocycles. The van der Waals surface area contributed by atoms with Gasteiger partial charge < -0.3 is 15.4 Å². The van der Waals surface area contributed by atoms with Gasteiger partial charge in [0.2, 0.25) is 5.91 Å². The standard InChI is InChI=1S/C21H22ClN3O2/c22-16-8-2-4-10-18(16)27-19-11-5-3-9-17(19)24-14-20(26)25-21(15-23)12-6-1-7-13-21/h2-5,8-11,24H,1,6-7,12-14H2,(H,25,26). The van der Waals surface area contributed by atoms with Crippen LogP contribution in [0, 0.1) is 11.3 Å². The van der Waals surface area contributed by atoms with E-state index in [2.05, 4.69) is 16.7 Å². The fourth-order valence-corrected chi connectivity index (χ4v) is 3.43. The van der Waals surface area contributed by atoms with E-state index in [4.69, 9.17) is 16.3 Å². The Kier molecular flexibility index (Phi) is 6.20. The molecule has 27 heavy (non-hydrogen) atoms. The van der Waals surface area contributed by atoms with Crippen molar-refractivity contribution in [3.05, 3.63) is 53.6 Å². The molecule has 0 bridgehead atoms. The van der Waals surface area contributed by atoms with Gasteiger partial charge in [0.25, 0.3) is 0 Å². The van der Waals surface area contributed by atoms with Crippen molar-refractivity contribution in [1.29, 1.82) is 5.26 Å². The van der Waals surface area contributed by atoms with Crippen molar-refractivity contribution in [2.24, 2.45) is 0 Å². The van der Waals surface area contributed by atoms with Crippen LogP contribution in [0.5, 0.6) is 11.5 Å². The van der Waals surface area contributed by atoms with Gasteiger partial charge in [-0.2, -0.15) is 5.26 Å². The number of ether oxygens (including phenoxy) is 1. The average molecular weight is 384 g/mol. The minimum atomic E-state index is -0.732. The minimum absolute atomic E-state index is 0.0618. The van der Waals surface area contributed by atoms with E-state index in [0.717, 1.165) is 19.3 Å². The molecule has 1 amide bonds. The lowest BCUT2D eigenvalue weighted by molar-refractivity contribution is -0.121. The maximum absolute atomic E-state index is 12.4. The SMILES string of the molecule is N#CC1(NC(=O)CNc2ccccc2Oc2ccccc2Cl)CCCCC1. The summed E-state index contributed by atoms with van der Waals surface area (Å²) in [5, 5.41) is 16.0. The molecule has 1 fully saturated rings. The number of carbonyl (C=O) groups excluding carboxylic acids is 1. The van der Waals surface area contributed by atoms with Gasteiger partial charge in [-0.25, -0.2) is 0 Å². The first-order valence-corrected chi connectivity index (χ1v) is 9.47. The van der Waals surface area contributed by atoms with Gasteiger partial charge in [0.15, 0.2) is 5.75 Å². The maximum atomic E-state index is 12.4. The van der Waals surface area contributed by atoms with Gasteiger partial charge in [-0.05, 0) is 37.1 Å². The van der Waals surface area contributed by atoms with Crippen LogP contribution in [0.2, 0.25) is 5.02 Å². The van der Waals surface area contributed by atoms with Gasteiger partial charge in [-0.1, -0.05) is 55.1 Å². The summed E-state index contributed by atoms with van der Waals surface area (Å²) in [4.78, 5) is 12.4. The molecule has 1 saturated carbocycles. The second kappa shape index (κ2) is 8.79. The predicted octanol–water partition coefficient (Wildman–Crippen LogP) is 4.89. The van der Waals surface area contributed by atoms with E-state index in [9.17, 15) is 10.1 Å². The van der Waals surface area contributed by atoms with Crippen LogP contribution in [0.15, 0.2) is 48.5 Å². The molecular formula is C21H22ClN3O2. The Morgan fingerprint density at radius 2 is 1.74 bits per heavy atom. The van der Waals surface area contributed by atoms with Crippen LogP contribution in [-0.2, 0) is 4.79 Å². The number of nitriles is 1. The molecule has 140 valence electrons. The largest absolute Gasteiger partial charge is 0.454 e. The number of para-hydroxylation sites is 3. The molecule has 1 aliphatic rings. The summed E-state index contributed by atoms with van der Waals surface area (Å²) in [6, 6.07) is 16.9. The third-order valence-corrected chi connectivity index (χ3v) is 5.00. The van der Waals surface area contributed by atoms with E-state index in [1.807, 2.05) is 36.4 Å². The summed E-state index contributed by atoms with van der Waals surface area (Å²) < 4.78 is 5.89. The van der Waals surface area contributed by atoms with Gasteiger partial charge in [0, 0.05) is 0 Å². The van der Waals surface area contributed by atoms with Crippen molar-refractivity contribution in [2.45, 2.75) is 37.6 Å². The van der Waals surface area contributed by atoms with E-state index >= 15 is 0 Å². The van der Waals surface area contributed by atoms with E-state index in [-0.39, 0.29) is 12.5 Å². The Morgan fingerprint density at radius 1 is 1.07 bits per heavy atom. The average Bonchev–Trinajstić information content (AvgIpc) is 2.70. The highest BCUT2D eigenvalue weighted by Gasteiger charge is 2.33. The second-order valence-corrected chi connectivity index (χ2v) is 7.09. The third-order valence-electron chi connectivity index (χ3n) is 4.68. The summed E-state index contributed by atoms with van der Waals surface area (Å²) >= 11 is 6.15. The van der Waals surface area contributed by atoms with Crippen LogP contribution in [0.25, 0.3) is 0 Å². The Bertz CT molecular complexity index is 841. The highest BCUT2D eigenvalue weighted by Crippen LogP contribution is 2.33. The number of hydrogen-bond acceptors (Lipinski definition) is 4. The molecule has 0 aliphatic heterocycles. The molecular weight excluding hydrogens is 362 g/mol. The zero-order valence-electron chi connectivity index (χ0n) is 15.0. The zero-order chi connectivity index (χ0) is 19.1. The highest BCUT2D eigenvalue weighted by molar-refractivity contribution is 6.32. The molecule has 2 N–H and O–H groups in total. The molecule has 2 aromatic rings. The van der Waals surface area contributed by atoms with Gasteiger partial charge in [0.1, 0.15) is 11.3 Å². The Morgan fingerprint density at radius 3 is 2.44 bits per heavy atom. The van der Waals surface area contributed by atoms with E-state index in [1.165, 1.54) is 0 Å². The first-order valence-electron chi connectivity index (χ1n) is 9.09. The van der Waals surface area contributed by atoms with Crippen LogP contribution in [-0.4, -0.2) is 18.0 Å². The maximum Gasteiger partial charge on any atom is 0.240 e. The molecule has 0 atom stereocenters. The number of hydrogen-bond donors (Lipinski definition) is 2. The molecule has 5 nitrogen and oxygen atoms in total. The van der Waals surface area contributed by atoms with Crippen molar-refractivity contribution in [3.63, 3.8) is 0 Å². The van der Waals surface area contributed by atoms with E-state index < -0.39 is 5.54 Å². The number of carbonyl (C=O) groups is 1. The molecule has 0 aromatic heterocycles. The third kappa shape index (κ3) is 4.93. The minimum Gasteiger partial charge on any atom is -0.454 e. The van der Waals surface area contributed by atoms with Crippen LogP contribution >= 0.6 is 11.6 Å². The summed E-state index contributed by atoms with van der Waals surface area (Å²) in [6.07, 6.45) is 4.47. The lowest BCUT2D eigenvalue weighted by Crippen LogP contribution is -2.50. The molecule has 0 unspecified atom stereocenters. The first-order chi connectivity index (χ1) is 13.1. The Balaban J connectivity index is 1.64. The first kappa shape index (κ1) is 19.1. The number of amides is 1. The zero-order valence-corrected chi connectivity index (χ0v) is 15.8. The summed E-state index contributed by atoms with van der Waals surface area (Å²) in [5.74, 6) is 0.917. The van der Waals surface area contributed by atoms with E-state index in [1.54, 1.807) is 12.1 Å². The topological polar surface area (TPSA) is 74.2 Å². The number of nitrogens with one attached hydrogen (secondary N) is 2. The van der Waals surface area contributed by atoms with Crippen molar-refractivity contribution >= 4 is 23.2 Å². The molecule has 3 rings (SSSR count). The lowest BCUT2D eigenvalue weighted by atomic mass is 9.83. The van der Waals surface area contributed by atoms with Crippen LogP contribution in [0.1, 0.15) is 32.1 Å². The quantitative estimate of drug-likeness (QED) is 0.744. The Labute approximate surface area is 164 Å². The van der Waals surface area contributed by atoms with Crippen LogP contribution < -0.4 is 15.4 Å². The number of anilines is 1. The van der Waals surface area contributed by atoms with Crippen molar-refractivity contribution in [1.82, 2.24) is 5.32 Å². The van der Waals surface area contributed by atoms with Gasteiger partial charge in [-0.3, -0.25) is 4.79 Å². The lowest BCUT2D eigenvalue weighted by Gasteiger charge is -2.31. The number of halogens is 1. The fraction of sp³-hybridized carbons (Fsp3) is 0.333. The number of nitrogens with zero attached hydrogens (tertiary/aromatic N) is 1. The van der Waals surface area contributed by atoms with Crippen molar-refractivity contribution in [2.75, 3.05) is 11.9 Å². The van der Waals surface area contributed by atoms with Crippen LogP contribution in [0.4, 0.5) is 5.69 Å². The fourth-order valence-electron chi connectivity index (χ4n) is 3.25. The smallest absolute Gasteiger partial charge is 0.240 e. The van der Waals surface area contributed by atoms with Gasteiger partial charge in [-0.15, -0.1) is 0 Å². The predicted molar refractivity (Wildman–Crippen MR) is 106 cm³/mol. The number of rotatable bonds is 6. The molecule has 1 aliphatic carbocycles. The van der Waals surface area contributed by atoms with Crippen molar-refractivity contribution in [3.8, 4) is 17.6 Å². The summed E-state index contributed by atoms with van der Waals surface area (Å²) in [7, 11) is 0. The summed E-state index contributed by atoms with van der Waals surface area (Å²) in [6.45, 7) is 0.0618. The monoisotopic (exact) mass is 383 g/mol. The second-order valence-electron chi connectivity index (χ2n) is 6.68. The summed E-state index contributed by atoms with van der Waals surface area (Å²) in [5.41, 5.74) is -0.0489. The molecule has 2 aromatic carbocycles. The van der Waals surface area contributed by atoms with Gasteiger partial charge >= 0.3 is 0 Å². The number of benzene rings is 2. The highest BCUT2D eigenvalue weighted by atomic mass is 35.5. The normalized spacial score (nSPS) is 15.4. The Hall–Kier alpha value is -2.71. The molecule has 0 radical (unpaired) electrons. The molecule has 0 spiro atoms. The van der Waals surface area contributed by atoms with Gasteiger partial charge in [0.05, 0.1) is 23.3 Å².